The van der Waals surface area contributed by atoms with Gasteiger partial charge in [-0.25, -0.2) is 13.9 Å². The predicted octanol–water partition coefficient (Wildman–Crippen LogP) is 6.25. The summed E-state index contributed by atoms with van der Waals surface area (Å²) in [5, 5.41) is 7.71. The number of rotatable bonds is 12. The third-order valence-electron chi connectivity index (χ3n) is 8.35. The Morgan fingerprint density at radius 1 is 0.900 bits per heavy atom. The molecule has 1 fully saturated rings. The topological polar surface area (TPSA) is 122 Å². The van der Waals surface area contributed by atoms with E-state index in [1.54, 1.807) is 67.5 Å². The average Bonchev–Trinajstić information content (AvgIpc) is 3.63. The van der Waals surface area contributed by atoms with Crippen LogP contribution in [0, 0.1) is 5.82 Å². The summed E-state index contributed by atoms with van der Waals surface area (Å²) in [7, 11) is 3.16. The highest BCUT2D eigenvalue weighted by atomic mass is 19.1. The molecule has 0 aliphatic carbocycles. The van der Waals surface area contributed by atoms with Crippen LogP contribution in [0.2, 0.25) is 0 Å². The van der Waals surface area contributed by atoms with Crippen LogP contribution in [-0.2, 0) is 4.74 Å². The van der Waals surface area contributed by atoms with Crippen LogP contribution in [-0.4, -0.2) is 84.1 Å². The molecule has 0 spiro atoms. The van der Waals surface area contributed by atoms with Gasteiger partial charge in [0.15, 0.2) is 28.7 Å². The lowest BCUT2D eigenvalue weighted by molar-refractivity contribution is 0.0357. The summed E-state index contributed by atoms with van der Waals surface area (Å²) in [6.07, 6.45) is 4.05. The number of ether oxygens (including phenoxy) is 5. The Bertz CT molecular complexity index is 2130. The molecule has 6 aromatic rings. The first-order valence-electron chi connectivity index (χ1n) is 16.2. The van der Waals surface area contributed by atoms with E-state index in [2.05, 4.69) is 25.3 Å². The fourth-order valence-electron chi connectivity index (χ4n) is 5.76. The van der Waals surface area contributed by atoms with Crippen LogP contribution >= 0.6 is 0 Å². The molecule has 3 aromatic carbocycles. The lowest BCUT2D eigenvalue weighted by Crippen LogP contribution is -2.37. The SMILES string of the molecule is COc1ccc(-c2cc(C(=O)Nc3ccc(Oc4ccnc5cc(OCCCN6CCOCC6)c(OC)cc45)c(F)c3)nc3ccnn23)cc1. The van der Waals surface area contributed by atoms with Crippen LogP contribution < -0.4 is 24.3 Å². The minimum atomic E-state index is -0.668. The third kappa shape index (κ3) is 7.14. The first-order valence-corrected chi connectivity index (χ1v) is 16.2. The van der Waals surface area contributed by atoms with Gasteiger partial charge in [-0.3, -0.25) is 14.7 Å². The van der Waals surface area contributed by atoms with E-state index in [0.717, 1.165) is 44.8 Å². The largest absolute Gasteiger partial charge is 0.497 e. The van der Waals surface area contributed by atoms with Crippen molar-refractivity contribution in [3.8, 4) is 40.0 Å². The van der Waals surface area contributed by atoms with Crippen molar-refractivity contribution in [2.75, 3.05) is 59.0 Å². The van der Waals surface area contributed by atoms with Gasteiger partial charge < -0.3 is 29.0 Å². The maximum Gasteiger partial charge on any atom is 0.274 e. The van der Waals surface area contributed by atoms with Crippen molar-refractivity contribution < 1.29 is 32.9 Å². The molecule has 0 atom stereocenters. The van der Waals surface area contributed by atoms with E-state index in [4.69, 9.17) is 23.7 Å². The molecule has 0 radical (unpaired) electrons. The van der Waals surface area contributed by atoms with Gasteiger partial charge in [0, 0.05) is 60.7 Å². The summed E-state index contributed by atoms with van der Waals surface area (Å²) < 4.78 is 45.5. The Kier molecular flexibility index (Phi) is 9.67. The second kappa shape index (κ2) is 14.8. The number of halogens is 1. The summed E-state index contributed by atoms with van der Waals surface area (Å²) in [5.74, 6) is 0.953. The van der Waals surface area contributed by atoms with Gasteiger partial charge in [0.1, 0.15) is 17.2 Å². The van der Waals surface area contributed by atoms with Gasteiger partial charge in [0.05, 0.1) is 51.4 Å². The van der Waals surface area contributed by atoms with E-state index in [0.29, 0.717) is 51.8 Å². The Morgan fingerprint density at radius 3 is 2.52 bits per heavy atom. The Labute approximate surface area is 287 Å². The number of hydrogen-bond acceptors (Lipinski definition) is 10. The van der Waals surface area contributed by atoms with Crippen LogP contribution in [0.1, 0.15) is 16.9 Å². The summed E-state index contributed by atoms with van der Waals surface area (Å²) in [6, 6.07) is 20.1. The molecule has 256 valence electrons. The number of anilines is 1. The van der Waals surface area contributed by atoms with E-state index in [1.165, 1.54) is 12.1 Å². The second-order valence-corrected chi connectivity index (χ2v) is 11.5. The number of pyridine rings is 1. The number of aromatic nitrogens is 4. The van der Waals surface area contributed by atoms with Crippen molar-refractivity contribution in [1.29, 1.82) is 0 Å². The maximum atomic E-state index is 15.4. The number of hydrogen-bond donors (Lipinski definition) is 1. The minimum Gasteiger partial charge on any atom is -0.497 e. The highest BCUT2D eigenvalue weighted by molar-refractivity contribution is 6.03. The normalized spacial score (nSPS) is 13.3. The zero-order valence-corrected chi connectivity index (χ0v) is 27.6. The fourth-order valence-corrected chi connectivity index (χ4v) is 5.76. The molecule has 0 unspecified atom stereocenters. The highest BCUT2D eigenvalue weighted by Gasteiger charge is 2.18. The van der Waals surface area contributed by atoms with Crippen molar-refractivity contribution in [2.24, 2.45) is 0 Å². The average molecular weight is 679 g/mol. The number of carbonyl (C=O) groups excluding carboxylic acids is 1. The molecule has 50 heavy (non-hydrogen) atoms. The van der Waals surface area contributed by atoms with E-state index < -0.39 is 11.7 Å². The molecule has 13 heteroatoms. The smallest absolute Gasteiger partial charge is 0.274 e. The van der Waals surface area contributed by atoms with Gasteiger partial charge in [-0.1, -0.05) is 0 Å². The number of benzene rings is 3. The molecule has 1 amide bonds. The second-order valence-electron chi connectivity index (χ2n) is 11.5. The van der Waals surface area contributed by atoms with Gasteiger partial charge in [0.2, 0.25) is 0 Å². The van der Waals surface area contributed by atoms with Crippen LogP contribution in [0.15, 0.2) is 85.2 Å². The van der Waals surface area contributed by atoms with E-state index in [9.17, 15) is 4.79 Å². The molecule has 1 aliphatic heterocycles. The highest BCUT2D eigenvalue weighted by Crippen LogP contribution is 2.38. The van der Waals surface area contributed by atoms with E-state index in [-0.39, 0.29) is 17.1 Å². The van der Waals surface area contributed by atoms with Gasteiger partial charge in [0.25, 0.3) is 5.91 Å². The molecule has 1 N–H and O–H groups in total. The molecule has 3 aromatic heterocycles. The number of fused-ring (bicyclic) bond motifs is 2. The molecule has 12 nitrogen and oxygen atoms in total. The monoisotopic (exact) mass is 678 g/mol. The standard InChI is InChI=1S/C37H35FN6O6/c1-46-26-7-4-24(5-8-26)31-22-30(42-36-11-13-40-44(31)36)37(45)41-25-6-9-33(28(38)20-25)50-32-10-12-39-29-23-35(34(47-2)21-27(29)32)49-17-3-14-43-15-18-48-19-16-43/h4-13,20-23H,3,14-19H2,1-2H3,(H,41,45). The van der Waals surface area contributed by atoms with Gasteiger partial charge >= 0.3 is 0 Å². The first kappa shape index (κ1) is 32.7. The van der Waals surface area contributed by atoms with Gasteiger partial charge in [-0.2, -0.15) is 5.10 Å². The van der Waals surface area contributed by atoms with E-state index >= 15 is 4.39 Å². The van der Waals surface area contributed by atoms with Crippen molar-refractivity contribution in [2.45, 2.75) is 6.42 Å². The lowest BCUT2D eigenvalue weighted by atomic mass is 10.1. The molecule has 4 heterocycles. The summed E-state index contributed by atoms with van der Waals surface area (Å²) in [6.45, 7) is 4.82. The number of methoxy groups -OCH3 is 2. The van der Waals surface area contributed by atoms with Crippen LogP contribution in [0.4, 0.5) is 10.1 Å². The predicted molar refractivity (Wildman–Crippen MR) is 185 cm³/mol. The first-order chi connectivity index (χ1) is 24.5. The van der Waals surface area contributed by atoms with Crippen molar-refractivity contribution in [3.05, 3.63) is 96.7 Å². The Morgan fingerprint density at radius 2 is 1.74 bits per heavy atom. The zero-order valence-electron chi connectivity index (χ0n) is 27.6. The van der Waals surface area contributed by atoms with Crippen molar-refractivity contribution in [3.63, 3.8) is 0 Å². The maximum absolute atomic E-state index is 15.4. The molecular formula is C37H35FN6O6. The number of carbonyl (C=O) groups is 1. The third-order valence-corrected chi connectivity index (χ3v) is 8.35. The van der Waals surface area contributed by atoms with Gasteiger partial charge in [-0.15, -0.1) is 0 Å². The van der Waals surface area contributed by atoms with E-state index in [1.807, 2.05) is 24.3 Å². The molecule has 1 aliphatic rings. The Hall–Kier alpha value is -5.79. The molecular weight excluding hydrogens is 643 g/mol. The molecule has 0 bridgehead atoms. The van der Waals surface area contributed by atoms with Crippen LogP contribution in [0.25, 0.3) is 27.8 Å². The molecule has 7 rings (SSSR count). The zero-order chi connectivity index (χ0) is 34.5. The van der Waals surface area contributed by atoms with Gasteiger partial charge in [-0.05, 0) is 61.0 Å². The molecule has 0 saturated carbocycles. The number of nitrogens with one attached hydrogen (secondary N) is 1. The minimum absolute atomic E-state index is 0.0292. The van der Waals surface area contributed by atoms with Crippen molar-refractivity contribution >= 4 is 28.1 Å². The number of morpholine rings is 1. The fraction of sp³-hybridized carbons (Fsp3) is 0.243. The summed E-state index contributed by atoms with van der Waals surface area (Å²) in [4.78, 5) is 24.6. The molecule has 1 saturated heterocycles. The Balaban J connectivity index is 1.05. The number of nitrogens with zero attached hydrogens (tertiary/aromatic N) is 5. The quantitative estimate of drug-likeness (QED) is 0.149. The lowest BCUT2D eigenvalue weighted by Gasteiger charge is -2.26. The summed E-state index contributed by atoms with van der Waals surface area (Å²) >= 11 is 0. The van der Waals surface area contributed by atoms with Crippen LogP contribution in [0.5, 0.6) is 28.7 Å². The van der Waals surface area contributed by atoms with Crippen LogP contribution in [0.3, 0.4) is 0 Å². The number of amides is 1. The van der Waals surface area contributed by atoms with Crippen molar-refractivity contribution in [1.82, 2.24) is 24.5 Å². The summed E-state index contributed by atoms with van der Waals surface area (Å²) in [5.41, 5.74) is 2.94.